The zero-order valence-corrected chi connectivity index (χ0v) is 16.0. The van der Waals surface area contributed by atoms with E-state index < -0.39 is 12.0 Å². The monoisotopic (exact) mass is 386 g/mol. The number of likely N-dealkylation sites (N-methyl/N-ethyl adjacent to an activating group) is 1. The molecule has 0 bridgehead atoms. The summed E-state index contributed by atoms with van der Waals surface area (Å²) in [7, 11) is 1.91. The minimum atomic E-state index is -1.39. The molecule has 7 heteroatoms. The number of alkyl halides is 1. The number of nitriles is 1. The predicted octanol–water partition coefficient (Wildman–Crippen LogP) is 3.26. The molecule has 0 saturated carbocycles. The maximum Gasteiger partial charge on any atom is 0.264 e. The first-order valence-corrected chi connectivity index (χ1v) is 9.73. The van der Waals surface area contributed by atoms with Crippen LogP contribution in [-0.4, -0.2) is 41.2 Å². The van der Waals surface area contributed by atoms with E-state index in [9.17, 15) is 13.6 Å². The summed E-state index contributed by atoms with van der Waals surface area (Å²) in [6, 6.07) is 2.14. The van der Waals surface area contributed by atoms with E-state index in [1.165, 1.54) is 12.2 Å². The maximum absolute atomic E-state index is 14.7. The van der Waals surface area contributed by atoms with Gasteiger partial charge in [-0.15, -0.1) is 0 Å². The quantitative estimate of drug-likeness (QED) is 0.791. The summed E-state index contributed by atoms with van der Waals surface area (Å²) < 4.78 is 28.2. The Bertz CT molecular complexity index is 853. The summed E-state index contributed by atoms with van der Waals surface area (Å²) >= 11 is 0. The molecule has 28 heavy (non-hydrogen) atoms. The molecule has 5 atom stereocenters. The molecule has 0 aromatic heterocycles. The van der Waals surface area contributed by atoms with Crippen molar-refractivity contribution in [2.75, 3.05) is 7.05 Å². The van der Waals surface area contributed by atoms with Crippen LogP contribution in [0.1, 0.15) is 32.6 Å². The Balaban J connectivity index is 1.67. The Morgan fingerprint density at radius 2 is 2.14 bits per heavy atom. The Morgan fingerprint density at radius 1 is 1.36 bits per heavy atom. The largest absolute Gasteiger partial charge is 0.352 e. The van der Waals surface area contributed by atoms with E-state index in [0.717, 1.165) is 24.1 Å². The van der Waals surface area contributed by atoms with Gasteiger partial charge in [-0.05, 0) is 43.4 Å². The summed E-state index contributed by atoms with van der Waals surface area (Å²) in [5, 5.41) is 10.7. The SMILES string of the molecule is CC1NN2C(=O)C=C(C3=CCC(C#N)CC3)N(C)C2C1C1=CC=C(F)CC1F. The molecule has 5 unspecified atom stereocenters. The van der Waals surface area contributed by atoms with Crippen LogP contribution in [0.25, 0.3) is 0 Å². The van der Waals surface area contributed by atoms with Gasteiger partial charge in [-0.25, -0.2) is 14.2 Å². The summed E-state index contributed by atoms with van der Waals surface area (Å²) in [6.07, 6.45) is 6.69. The number of rotatable bonds is 2. The number of carbonyl (C=O) groups is 1. The van der Waals surface area contributed by atoms with Crippen LogP contribution in [0.2, 0.25) is 0 Å². The van der Waals surface area contributed by atoms with Crippen molar-refractivity contribution in [1.82, 2.24) is 15.3 Å². The standard InChI is InChI=1S/C21H24F2N4O/c1-12-20(16-8-7-15(22)9-17(16)23)21-26(2)18(10-19(28)27(21)25-12)14-5-3-13(11-24)4-6-14/h5,7-8,10,12-13,17,20-21,25H,3-4,6,9H2,1-2H3. The van der Waals surface area contributed by atoms with Gasteiger partial charge < -0.3 is 4.90 Å². The highest BCUT2D eigenvalue weighted by atomic mass is 19.1. The van der Waals surface area contributed by atoms with Crippen molar-refractivity contribution in [3.63, 3.8) is 0 Å². The Labute approximate surface area is 163 Å². The van der Waals surface area contributed by atoms with Gasteiger partial charge in [0.15, 0.2) is 0 Å². The molecule has 0 aromatic carbocycles. The van der Waals surface area contributed by atoms with E-state index in [2.05, 4.69) is 11.5 Å². The molecule has 0 aromatic rings. The number of nitrogens with one attached hydrogen (secondary N) is 1. The summed E-state index contributed by atoms with van der Waals surface area (Å²) in [5.74, 6) is -0.884. The molecular formula is C21H24F2N4O. The molecule has 148 valence electrons. The van der Waals surface area contributed by atoms with Crippen LogP contribution >= 0.6 is 0 Å². The number of hydrogen-bond donors (Lipinski definition) is 1. The van der Waals surface area contributed by atoms with Gasteiger partial charge in [0.1, 0.15) is 18.2 Å². The fourth-order valence-corrected chi connectivity index (χ4v) is 4.77. The number of halogens is 2. The Morgan fingerprint density at radius 3 is 2.79 bits per heavy atom. The lowest BCUT2D eigenvalue weighted by atomic mass is 9.83. The second-order valence-corrected chi connectivity index (χ2v) is 7.99. The molecule has 1 saturated heterocycles. The lowest BCUT2D eigenvalue weighted by Crippen LogP contribution is -2.54. The number of hydrogen-bond acceptors (Lipinski definition) is 4. The van der Waals surface area contributed by atoms with Crippen LogP contribution in [-0.2, 0) is 4.79 Å². The lowest BCUT2D eigenvalue weighted by molar-refractivity contribution is -0.135. The number of allylic oxidation sites excluding steroid dienone is 5. The van der Waals surface area contributed by atoms with Gasteiger partial charge in [-0.3, -0.25) is 9.80 Å². The number of carbonyl (C=O) groups excluding carboxylic acids is 1. The van der Waals surface area contributed by atoms with Gasteiger partial charge in [0.25, 0.3) is 5.91 Å². The number of hydrazine groups is 1. The average Bonchev–Trinajstić information content (AvgIpc) is 3.03. The van der Waals surface area contributed by atoms with Gasteiger partial charge >= 0.3 is 0 Å². The zero-order chi connectivity index (χ0) is 20.0. The fraction of sp³-hybridized carbons (Fsp3) is 0.524. The van der Waals surface area contributed by atoms with E-state index in [1.54, 1.807) is 11.1 Å². The molecule has 4 rings (SSSR count). The molecule has 2 heterocycles. The molecule has 4 aliphatic rings. The topological polar surface area (TPSA) is 59.4 Å². The van der Waals surface area contributed by atoms with Gasteiger partial charge in [-0.1, -0.05) is 12.2 Å². The Kier molecular flexibility index (Phi) is 4.84. The second-order valence-electron chi connectivity index (χ2n) is 7.99. The molecule has 2 aliphatic carbocycles. The van der Waals surface area contributed by atoms with Crippen molar-refractivity contribution >= 4 is 5.91 Å². The molecule has 5 nitrogen and oxygen atoms in total. The van der Waals surface area contributed by atoms with Crippen LogP contribution in [0.15, 0.2) is 47.0 Å². The normalized spacial score (nSPS) is 35.5. The minimum Gasteiger partial charge on any atom is -0.352 e. The van der Waals surface area contributed by atoms with E-state index in [1.807, 2.05) is 24.9 Å². The van der Waals surface area contributed by atoms with E-state index in [0.29, 0.717) is 12.0 Å². The molecule has 1 N–H and O–H groups in total. The third-order valence-electron chi connectivity index (χ3n) is 6.24. The predicted molar refractivity (Wildman–Crippen MR) is 100 cm³/mol. The van der Waals surface area contributed by atoms with Crippen molar-refractivity contribution in [3.8, 4) is 6.07 Å². The van der Waals surface area contributed by atoms with Gasteiger partial charge in [0, 0.05) is 37.2 Å². The highest BCUT2D eigenvalue weighted by molar-refractivity contribution is 5.90. The first kappa shape index (κ1) is 18.9. The first-order chi connectivity index (χ1) is 13.4. The molecular weight excluding hydrogens is 362 g/mol. The third kappa shape index (κ3) is 3.06. The number of fused-ring (bicyclic) bond motifs is 1. The van der Waals surface area contributed by atoms with E-state index in [-0.39, 0.29) is 36.4 Å². The van der Waals surface area contributed by atoms with Gasteiger partial charge in [-0.2, -0.15) is 5.26 Å². The van der Waals surface area contributed by atoms with Crippen LogP contribution in [0, 0.1) is 23.2 Å². The van der Waals surface area contributed by atoms with Crippen LogP contribution in [0.4, 0.5) is 8.78 Å². The summed E-state index contributed by atoms with van der Waals surface area (Å²) in [6.45, 7) is 1.92. The summed E-state index contributed by atoms with van der Waals surface area (Å²) in [4.78, 5) is 14.8. The van der Waals surface area contributed by atoms with Crippen LogP contribution in [0.5, 0.6) is 0 Å². The van der Waals surface area contributed by atoms with Crippen molar-refractivity contribution in [2.24, 2.45) is 11.8 Å². The molecule has 1 fully saturated rings. The minimum absolute atomic E-state index is 0.0211. The van der Waals surface area contributed by atoms with E-state index in [4.69, 9.17) is 5.26 Å². The zero-order valence-electron chi connectivity index (χ0n) is 16.0. The van der Waals surface area contributed by atoms with Gasteiger partial charge in [0.2, 0.25) is 0 Å². The van der Waals surface area contributed by atoms with Crippen molar-refractivity contribution in [2.45, 2.75) is 51.0 Å². The first-order valence-electron chi connectivity index (χ1n) is 9.73. The lowest BCUT2D eigenvalue weighted by Gasteiger charge is -2.42. The van der Waals surface area contributed by atoms with Crippen molar-refractivity contribution < 1.29 is 13.6 Å². The van der Waals surface area contributed by atoms with Crippen LogP contribution in [0.3, 0.4) is 0 Å². The molecule has 2 aliphatic heterocycles. The molecule has 0 spiro atoms. The smallest absolute Gasteiger partial charge is 0.264 e. The fourth-order valence-electron chi connectivity index (χ4n) is 4.77. The highest BCUT2D eigenvalue weighted by Crippen LogP contribution is 2.41. The highest BCUT2D eigenvalue weighted by Gasteiger charge is 2.50. The third-order valence-corrected chi connectivity index (χ3v) is 6.24. The summed E-state index contributed by atoms with van der Waals surface area (Å²) in [5.41, 5.74) is 5.58. The molecule has 1 amide bonds. The van der Waals surface area contributed by atoms with Gasteiger partial charge in [0.05, 0.1) is 12.0 Å². The maximum atomic E-state index is 14.7. The van der Waals surface area contributed by atoms with Crippen molar-refractivity contribution in [1.29, 1.82) is 5.26 Å². The van der Waals surface area contributed by atoms with Crippen molar-refractivity contribution in [3.05, 3.63) is 47.0 Å². The average molecular weight is 386 g/mol. The Hall–Kier alpha value is -2.46. The molecule has 0 radical (unpaired) electrons. The number of amides is 1. The van der Waals surface area contributed by atoms with E-state index >= 15 is 0 Å². The number of nitrogens with zero attached hydrogens (tertiary/aromatic N) is 3. The second kappa shape index (κ2) is 7.17. The van der Waals surface area contributed by atoms with Crippen LogP contribution < -0.4 is 5.43 Å².